The Hall–Kier alpha value is -2.59. The van der Waals surface area contributed by atoms with Gasteiger partial charge >= 0.3 is 0 Å². The van der Waals surface area contributed by atoms with E-state index in [0.29, 0.717) is 0 Å². The van der Waals surface area contributed by atoms with Crippen molar-refractivity contribution in [3.8, 4) is 0 Å². The van der Waals surface area contributed by atoms with Crippen LogP contribution in [0.3, 0.4) is 0 Å². The fourth-order valence-electron chi connectivity index (χ4n) is 2.56. The van der Waals surface area contributed by atoms with Gasteiger partial charge < -0.3 is 15.6 Å². The maximum absolute atomic E-state index is 12.0. The van der Waals surface area contributed by atoms with Crippen LogP contribution in [0.2, 0.25) is 0 Å². The van der Waals surface area contributed by atoms with E-state index >= 15 is 0 Å². The molecule has 0 unspecified atom stereocenters. The van der Waals surface area contributed by atoms with Crippen LogP contribution in [0.5, 0.6) is 0 Å². The molecule has 3 aromatic rings. The number of rotatable bonds is 7. The maximum Gasteiger partial charge on any atom is 0.191 e. The van der Waals surface area contributed by atoms with Gasteiger partial charge in [-0.05, 0) is 30.7 Å². The molecule has 1 heterocycles. The zero-order chi connectivity index (χ0) is 15.9. The molecule has 1 aromatic heterocycles. The van der Waals surface area contributed by atoms with Crippen LogP contribution in [0.4, 0.5) is 5.82 Å². The number of aromatic nitrogens is 1. The fraction of sp³-hybridized carbons (Fsp3) is 0.211. The second kappa shape index (κ2) is 7.61. The molecule has 0 fully saturated rings. The van der Waals surface area contributed by atoms with Crippen LogP contribution < -0.4 is 16.1 Å². The number of aromatic amines is 1. The van der Waals surface area contributed by atoms with Gasteiger partial charge in [-0.1, -0.05) is 42.5 Å². The van der Waals surface area contributed by atoms with Gasteiger partial charge in [0.25, 0.3) is 0 Å². The van der Waals surface area contributed by atoms with Gasteiger partial charge in [-0.15, -0.1) is 0 Å². The Morgan fingerprint density at radius 3 is 2.57 bits per heavy atom. The molecular formula is C19H21N3O. The summed E-state index contributed by atoms with van der Waals surface area (Å²) in [6.07, 6.45) is 0.988. The third-order valence-electron chi connectivity index (χ3n) is 3.76. The number of H-pyrrole nitrogens is 1. The lowest BCUT2D eigenvalue weighted by Crippen LogP contribution is -2.18. The van der Waals surface area contributed by atoms with Crippen molar-refractivity contribution in [1.82, 2.24) is 10.3 Å². The van der Waals surface area contributed by atoms with Gasteiger partial charge in [-0.3, -0.25) is 4.79 Å². The van der Waals surface area contributed by atoms with E-state index in [1.807, 2.05) is 30.3 Å². The maximum atomic E-state index is 12.0. The molecule has 0 aliphatic carbocycles. The van der Waals surface area contributed by atoms with Crippen LogP contribution in [0.1, 0.15) is 12.0 Å². The SMILES string of the molecule is O=c1cc(NCCCNCc2ccccc2)[nH]c2ccccc12. The third kappa shape index (κ3) is 4.20. The largest absolute Gasteiger partial charge is 0.371 e. The summed E-state index contributed by atoms with van der Waals surface area (Å²) in [6, 6.07) is 19.5. The Morgan fingerprint density at radius 1 is 0.913 bits per heavy atom. The highest BCUT2D eigenvalue weighted by Gasteiger charge is 2.00. The van der Waals surface area contributed by atoms with Gasteiger partial charge in [0.2, 0.25) is 0 Å². The van der Waals surface area contributed by atoms with Gasteiger partial charge in [0.15, 0.2) is 5.43 Å². The molecule has 0 spiro atoms. The zero-order valence-corrected chi connectivity index (χ0v) is 13.0. The lowest BCUT2D eigenvalue weighted by atomic mass is 10.2. The topological polar surface area (TPSA) is 56.9 Å². The smallest absolute Gasteiger partial charge is 0.191 e. The summed E-state index contributed by atoms with van der Waals surface area (Å²) in [5, 5.41) is 7.42. The number of benzene rings is 2. The van der Waals surface area contributed by atoms with Gasteiger partial charge in [0.1, 0.15) is 5.82 Å². The summed E-state index contributed by atoms with van der Waals surface area (Å²) < 4.78 is 0. The molecule has 4 heteroatoms. The average molecular weight is 307 g/mol. The highest BCUT2D eigenvalue weighted by Crippen LogP contribution is 2.09. The molecule has 3 rings (SSSR count). The van der Waals surface area contributed by atoms with Crippen LogP contribution in [0, 0.1) is 0 Å². The van der Waals surface area contributed by atoms with Gasteiger partial charge in [-0.2, -0.15) is 0 Å². The molecule has 0 atom stereocenters. The molecule has 4 nitrogen and oxygen atoms in total. The van der Waals surface area contributed by atoms with Crippen molar-refractivity contribution in [1.29, 1.82) is 0 Å². The Balaban J connectivity index is 1.45. The predicted octanol–water partition coefficient (Wildman–Crippen LogP) is 3.12. The van der Waals surface area contributed by atoms with E-state index in [1.165, 1.54) is 5.56 Å². The Bertz CT molecular complexity index is 811. The molecule has 0 saturated heterocycles. The minimum Gasteiger partial charge on any atom is -0.371 e. The number of para-hydroxylation sites is 1. The minimum absolute atomic E-state index is 0.0454. The van der Waals surface area contributed by atoms with Crippen molar-refractivity contribution in [2.45, 2.75) is 13.0 Å². The lowest BCUT2D eigenvalue weighted by molar-refractivity contribution is 0.663. The standard InChI is InChI=1S/C19H21N3O/c23-18-13-19(22-17-10-5-4-9-16(17)18)21-12-6-11-20-14-15-7-2-1-3-8-15/h1-5,7-10,13,20H,6,11-12,14H2,(H2,21,22,23). The quantitative estimate of drug-likeness (QED) is 0.588. The fourth-order valence-corrected chi connectivity index (χ4v) is 2.56. The molecule has 0 radical (unpaired) electrons. The number of hydrogen-bond donors (Lipinski definition) is 3. The summed E-state index contributed by atoms with van der Waals surface area (Å²) in [5.41, 5.74) is 2.20. The first-order valence-corrected chi connectivity index (χ1v) is 7.93. The molecule has 0 amide bonds. The Labute approximate surface area is 135 Å². The first-order valence-electron chi connectivity index (χ1n) is 7.93. The number of fused-ring (bicyclic) bond motifs is 1. The molecule has 0 aliphatic rings. The van der Waals surface area contributed by atoms with E-state index in [1.54, 1.807) is 6.07 Å². The highest BCUT2D eigenvalue weighted by atomic mass is 16.1. The van der Waals surface area contributed by atoms with E-state index in [9.17, 15) is 4.79 Å². The second-order valence-corrected chi connectivity index (χ2v) is 5.54. The van der Waals surface area contributed by atoms with E-state index < -0.39 is 0 Å². The number of nitrogens with one attached hydrogen (secondary N) is 3. The molecule has 23 heavy (non-hydrogen) atoms. The highest BCUT2D eigenvalue weighted by molar-refractivity contribution is 5.79. The molecule has 3 N–H and O–H groups in total. The molecular weight excluding hydrogens is 286 g/mol. The predicted molar refractivity (Wildman–Crippen MR) is 95.8 cm³/mol. The summed E-state index contributed by atoms with van der Waals surface area (Å²) in [7, 11) is 0. The van der Waals surface area contributed by atoms with Crippen LogP contribution in [0.25, 0.3) is 10.9 Å². The first-order chi connectivity index (χ1) is 11.3. The van der Waals surface area contributed by atoms with Gasteiger partial charge in [-0.25, -0.2) is 0 Å². The third-order valence-corrected chi connectivity index (χ3v) is 3.76. The van der Waals surface area contributed by atoms with E-state index in [2.05, 4.69) is 39.9 Å². The van der Waals surface area contributed by atoms with Crippen molar-refractivity contribution < 1.29 is 0 Å². The van der Waals surface area contributed by atoms with Gasteiger partial charge in [0.05, 0.1) is 5.52 Å². The summed E-state index contributed by atoms with van der Waals surface area (Å²) in [5.74, 6) is 0.775. The molecule has 0 aliphatic heterocycles. The summed E-state index contributed by atoms with van der Waals surface area (Å²) in [4.78, 5) is 15.3. The van der Waals surface area contributed by atoms with E-state index in [4.69, 9.17) is 0 Å². The van der Waals surface area contributed by atoms with Crippen LogP contribution in [-0.4, -0.2) is 18.1 Å². The molecule has 2 aromatic carbocycles. The zero-order valence-electron chi connectivity index (χ0n) is 13.0. The van der Waals surface area contributed by atoms with Crippen LogP contribution in [-0.2, 0) is 6.54 Å². The van der Waals surface area contributed by atoms with E-state index in [-0.39, 0.29) is 5.43 Å². The Kier molecular flexibility index (Phi) is 5.06. The van der Waals surface area contributed by atoms with Gasteiger partial charge in [0, 0.05) is 24.5 Å². The molecule has 118 valence electrons. The van der Waals surface area contributed by atoms with Crippen molar-refractivity contribution >= 4 is 16.7 Å². The average Bonchev–Trinajstić information content (AvgIpc) is 2.59. The number of hydrogen-bond acceptors (Lipinski definition) is 3. The molecule has 0 bridgehead atoms. The van der Waals surface area contributed by atoms with E-state index in [0.717, 1.165) is 42.8 Å². The number of pyridine rings is 1. The minimum atomic E-state index is 0.0454. The number of anilines is 1. The van der Waals surface area contributed by atoms with Crippen LogP contribution >= 0.6 is 0 Å². The van der Waals surface area contributed by atoms with Crippen molar-refractivity contribution in [3.05, 3.63) is 76.5 Å². The first kappa shape index (κ1) is 15.3. The van der Waals surface area contributed by atoms with Crippen molar-refractivity contribution in [2.24, 2.45) is 0 Å². The summed E-state index contributed by atoms with van der Waals surface area (Å²) >= 11 is 0. The normalized spacial score (nSPS) is 10.8. The second-order valence-electron chi connectivity index (χ2n) is 5.54. The van der Waals surface area contributed by atoms with Crippen molar-refractivity contribution in [3.63, 3.8) is 0 Å². The van der Waals surface area contributed by atoms with Crippen LogP contribution in [0.15, 0.2) is 65.5 Å². The molecule has 0 saturated carbocycles. The summed E-state index contributed by atoms with van der Waals surface area (Å²) in [6.45, 7) is 2.63. The van der Waals surface area contributed by atoms with Crippen molar-refractivity contribution in [2.75, 3.05) is 18.4 Å². The lowest BCUT2D eigenvalue weighted by Gasteiger charge is -2.08. The monoisotopic (exact) mass is 307 g/mol. The Morgan fingerprint density at radius 2 is 1.70 bits per heavy atom.